The molecule has 4 amide bonds. The van der Waals surface area contributed by atoms with Gasteiger partial charge in [-0.2, -0.15) is 0 Å². The highest BCUT2D eigenvalue weighted by Gasteiger charge is 2.86. The third kappa shape index (κ3) is 6.75. The van der Waals surface area contributed by atoms with Crippen LogP contribution in [0.15, 0.2) is 79.0 Å². The molecule has 0 spiro atoms. The molecule has 9 atom stereocenters. The van der Waals surface area contributed by atoms with Gasteiger partial charge in [0.15, 0.2) is 0 Å². The molecule has 0 radical (unpaired) electrons. The minimum absolute atomic E-state index is 0.105. The van der Waals surface area contributed by atoms with Crippen LogP contribution >= 0.6 is 0 Å². The summed E-state index contributed by atoms with van der Waals surface area (Å²) < 4.78 is 21.7. The van der Waals surface area contributed by atoms with Gasteiger partial charge in [0.1, 0.15) is 36.1 Å². The number of nitrogens with zero attached hydrogens (tertiary/aromatic N) is 4. The molecule has 2 aromatic heterocycles. The van der Waals surface area contributed by atoms with Gasteiger partial charge >= 0.3 is 12.2 Å². The maximum atomic E-state index is 14.4. The van der Waals surface area contributed by atoms with Gasteiger partial charge in [-0.1, -0.05) is 62.4 Å². The topological polar surface area (TPSA) is 193 Å². The van der Waals surface area contributed by atoms with Crippen molar-refractivity contribution in [2.75, 3.05) is 34.5 Å². The Morgan fingerprint density at radius 2 is 1.65 bits per heavy atom. The zero-order valence-corrected chi connectivity index (χ0v) is 36.7. The van der Waals surface area contributed by atoms with E-state index in [0.717, 1.165) is 61.3 Å². The van der Waals surface area contributed by atoms with Crippen LogP contribution in [0.5, 0.6) is 5.75 Å². The lowest BCUT2D eigenvalue weighted by atomic mass is 9.92. The van der Waals surface area contributed by atoms with Crippen LogP contribution in [0, 0.1) is 29.6 Å². The molecule has 65 heavy (non-hydrogen) atoms. The molecule has 5 fully saturated rings. The second-order valence-electron chi connectivity index (χ2n) is 18.3. The van der Waals surface area contributed by atoms with Crippen LogP contribution in [-0.2, 0) is 30.4 Å². The van der Waals surface area contributed by atoms with E-state index in [1.54, 1.807) is 18.2 Å². The number of hydrogen-bond donors (Lipinski definition) is 4. The third-order valence-corrected chi connectivity index (χ3v) is 14.2. The van der Waals surface area contributed by atoms with Gasteiger partial charge in [0.05, 0.1) is 55.8 Å². The van der Waals surface area contributed by atoms with Crippen LogP contribution in [-0.4, -0.2) is 100 Å². The van der Waals surface area contributed by atoms with E-state index in [4.69, 9.17) is 28.9 Å². The molecule has 334 valence electrons. The van der Waals surface area contributed by atoms with E-state index in [1.807, 2.05) is 55.1 Å². The standard InChI is InChI=1S/C49H50N8O8/c1-23(2)39(54-48(60)63-4)46(58)56-20-24(21-62-3)15-34(56)44-50-19-33(52-44)27-11-13-29-28(16-27)22-65-35-18-30-26(17-31(29)35)12-14-32-41(30)53-45(51-32)43-38-36-37(38)42(36)57(43)47(59)40(55-49(61)64-5)25-9-7-6-8-10-25/h6-14,16-19,23-24,34,36-40,42-43H,15,20-22H2,1-5H3,(H,50,52)(H,51,53)(H,54,60)(H,55,61)/t24-,34-,36+,37?,38?,39-,40+,42-,43-/m0/s1. The molecule has 6 aromatic rings. The predicted octanol–water partition coefficient (Wildman–Crippen LogP) is 6.81. The van der Waals surface area contributed by atoms with E-state index in [1.165, 1.54) is 14.2 Å². The van der Waals surface area contributed by atoms with Gasteiger partial charge in [0, 0.05) is 36.6 Å². The van der Waals surface area contributed by atoms with Gasteiger partial charge in [-0.25, -0.2) is 19.6 Å². The number of piperidine rings is 1. The van der Waals surface area contributed by atoms with E-state index in [0.29, 0.717) is 55.3 Å². The Bertz CT molecular complexity index is 2890. The maximum absolute atomic E-state index is 14.4. The molecular formula is C49H50N8O8. The summed E-state index contributed by atoms with van der Waals surface area (Å²) in [7, 11) is 4.24. The fraction of sp³-hybridized carbons (Fsp3) is 0.388. The Morgan fingerprint density at radius 1 is 0.862 bits per heavy atom. The summed E-state index contributed by atoms with van der Waals surface area (Å²) >= 11 is 0. The van der Waals surface area contributed by atoms with Crippen molar-refractivity contribution >= 4 is 45.8 Å². The highest BCUT2D eigenvalue weighted by molar-refractivity contribution is 6.07. The number of carbonyl (C=O) groups is 4. The van der Waals surface area contributed by atoms with Crippen molar-refractivity contribution in [3.05, 3.63) is 102 Å². The van der Waals surface area contributed by atoms with E-state index >= 15 is 0 Å². The van der Waals surface area contributed by atoms with Crippen molar-refractivity contribution in [2.24, 2.45) is 29.6 Å². The minimum Gasteiger partial charge on any atom is -0.488 e. The molecule has 2 saturated carbocycles. The number of imidazole rings is 2. The summed E-state index contributed by atoms with van der Waals surface area (Å²) in [6.45, 7) is 5.13. The van der Waals surface area contributed by atoms with Crippen molar-refractivity contribution in [3.8, 4) is 28.1 Å². The lowest BCUT2D eigenvalue weighted by Gasteiger charge is -2.30. The van der Waals surface area contributed by atoms with Crippen molar-refractivity contribution in [3.63, 3.8) is 0 Å². The molecule has 3 saturated heterocycles. The van der Waals surface area contributed by atoms with Crippen LogP contribution < -0.4 is 15.4 Å². The number of ether oxygens (including phenoxy) is 4. The van der Waals surface area contributed by atoms with Crippen molar-refractivity contribution in [2.45, 2.75) is 57.1 Å². The molecule has 6 aliphatic rings. The first-order valence-corrected chi connectivity index (χ1v) is 22.2. The lowest BCUT2D eigenvalue weighted by molar-refractivity contribution is -0.136. The fourth-order valence-electron chi connectivity index (χ4n) is 11.0. The summed E-state index contributed by atoms with van der Waals surface area (Å²) in [5.41, 5.74) is 7.24. The molecule has 16 nitrogen and oxygen atoms in total. The van der Waals surface area contributed by atoms with Crippen LogP contribution in [0.4, 0.5) is 9.59 Å². The van der Waals surface area contributed by atoms with Gasteiger partial charge in [0.25, 0.3) is 5.91 Å². The van der Waals surface area contributed by atoms with Gasteiger partial charge in [0.2, 0.25) is 5.91 Å². The summed E-state index contributed by atoms with van der Waals surface area (Å²) in [6.07, 6.45) is 1.16. The number of carbonyl (C=O) groups excluding carboxylic acids is 4. The Kier molecular flexibility index (Phi) is 9.82. The minimum atomic E-state index is -0.883. The zero-order valence-electron chi connectivity index (χ0n) is 36.7. The smallest absolute Gasteiger partial charge is 0.407 e. The van der Waals surface area contributed by atoms with Crippen LogP contribution in [0.1, 0.15) is 61.2 Å². The third-order valence-electron chi connectivity index (χ3n) is 14.2. The van der Waals surface area contributed by atoms with E-state index < -0.39 is 24.3 Å². The summed E-state index contributed by atoms with van der Waals surface area (Å²) in [5, 5.41) is 7.50. The SMILES string of the molecule is COC[C@H]1C[C@@H](c2ncc(-c3ccc4c(c3)COc3cc5c(ccc6nc([C@@H]7C8C9[C@H]8[C@@H]9N7C(=O)[C@H](NC(=O)OC)c7ccccc7)[nH]c65)cc3-4)[nH]2)N(C(=O)[C@@H](NC(=O)OC)C(C)C)C1. The van der Waals surface area contributed by atoms with Crippen LogP contribution in [0.3, 0.4) is 0 Å². The van der Waals surface area contributed by atoms with Crippen molar-refractivity contribution < 1.29 is 38.1 Å². The quantitative estimate of drug-likeness (QED) is 0.108. The molecule has 4 N–H and O–H groups in total. The fourth-order valence-corrected chi connectivity index (χ4v) is 11.0. The molecule has 4 aromatic carbocycles. The number of rotatable bonds is 11. The van der Waals surface area contributed by atoms with Crippen LogP contribution in [0.25, 0.3) is 44.2 Å². The number of fused-ring (bicyclic) bond motifs is 7. The molecule has 12 rings (SSSR count). The number of likely N-dealkylation sites (tertiary alicyclic amines) is 1. The highest BCUT2D eigenvalue weighted by Crippen LogP contribution is 2.81. The second-order valence-corrected chi connectivity index (χ2v) is 18.3. The average Bonchev–Trinajstić information content (AvgIpc) is 3.74. The number of aromatic amines is 2. The summed E-state index contributed by atoms with van der Waals surface area (Å²) in [6, 6.07) is 21.9. The van der Waals surface area contributed by atoms with E-state index in [-0.39, 0.29) is 41.8 Å². The van der Waals surface area contributed by atoms with Crippen LogP contribution in [0.2, 0.25) is 0 Å². The number of amides is 4. The number of alkyl carbamates (subject to hydrolysis) is 2. The highest BCUT2D eigenvalue weighted by atomic mass is 16.5. The molecule has 16 heteroatoms. The van der Waals surface area contributed by atoms with Crippen molar-refractivity contribution in [1.82, 2.24) is 40.4 Å². The molecule has 2 aliphatic carbocycles. The Labute approximate surface area is 374 Å². The number of hydrogen-bond acceptors (Lipinski definition) is 10. The summed E-state index contributed by atoms with van der Waals surface area (Å²) in [5.74, 6) is 3.04. The predicted molar refractivity (Wildman–Crippen MR) is 238 cm³/mol. The first kappa shape index (κ1) is 40.8. The van der Waals surface area contributed by atoms with Gasteiger partial charge < -0.3 is 49.3 Å². The van der Waals surface area contributed by atoms with Gasteiger partial charge in [-0.05, 0) is 82.0 Å². The number of nitrogens with one attached hydrogen (secondary N) is 4. The molecule has 4 aliphatic heterocycles. The Balaban J connectivity index is 0.857. The second kappa shape index (κ2) is 15.6. The van der Waals surface area contributed by atoms with Gasteiger partial charge in [-0.3, -0.25) is 9.59 Å². The normalized spacial score (nSPS) is 24.2. The molecular weight excluding hydrogens is 829 g/mol. The van der Waals surface area contributed by atoms with E-state index in [9.17, 15) is 19.2 Å². The maximum Gasteiger partial charge on any atom is 0.407 e. The zero-order chi connectivity index (χ0) is 44.8. The number of aromatic nitrogens is 4. The first-order valence-electron chi connectivity index (χ1n) is 22.2. The monoisotopic (exact) mass is 878 g/mol. The molecule has 6 heterocycles. The number of methoxy groups -OCH3 is 3. The molecule has 2 unspecified atom stereocenters. The number of H-pyrrole nitrogens is 2. The Morgan fingerprint density at radius 3 is 2.40 bits per heavy atom. The van der Waals surface area contributed by atoms with E-state index in [2.05, 4.69) is 57.0 Å². The first-order chi connectivity index (χ1) is 31.6. The largest absolute Gasteiger partial charge is 0.488 e. The lowest BCUT2D eigenvalue weighted by Crippen LogP contribution is -2.51. The number of benzene rings is 4. The Hall–Kier alpha value is -6.94. The average molecular weight is 879 g/mol. The molecule has 2 bridgehead atoms. The van der Waals surface area contributed by atoms with Crippen molar-refractivity contribution in [1.29, 1.82) is 0 Å². The van der Waals surface area contributed by atoms with Gasteiger partial charge in [-0.15, -0.1) is 0 Å². The summed E-state index contributed by atoms with van der Waals surface area (Å²) in [4.78, 5) is 73.8.